The van der Waals surface area contributed by atoms with Crippen molar-refractivity contribution in [2.45, 2.75) is 12.7 Å². The van der Waals surface area contributed by atoms with Crippen LogP contribution in [0.15, 0.2) is 66.9 Å². The van der Waals surface area contributed by atoms with Crippen LogP contribution in [-0.4, -0.2) is 23.5 Å². The van der Waals surface area contributed by atoms with Crippen molar-refractivity contribution in [1.82, 2.24) is 10.3 Å². The number of anilines is 2. The molecule has 32 heavy (non-hydrogen) atoms. The van der Waals surface area contributed by atoms with Crippen molar-refractivity contribution >= 4 is 35.0 Å². The van der Waals surface area contributed by atoms with Gasteiger partial charge in [0.2, 0.25) is 0 Å². The fourth-order valence-electron chi connectivity index (χ4n) is 2.68. The minimum atomic E-state index is -4.51. The van der Waals surface area contributed by atoms with Crippen molar-refractivity contribution < 1.29 is 27.5 Å². The van der Waals surface area contributed by atoms with Gasteiger partial charge in [-0.1, -0.05) is 35.9 Å². The van der Waals surface area contributed by atoms with Crippen molar-refractivity contribution in [3.8, 4) is 0 Å². The summed E-state index contributed by atoms with van der Waals surface area (Å²) in [6, 6.07) is 14.3. The Bertz CT molecular complexity index is 1120. The Morgan fingerprint density at radius 2 is 1.81 bits per heavy atom. The molecule has 166 valence electrons. The smallest absolute Gasteiger partial charge is 0.416 e. The average molecular weight is 464 g/mol. The molecule has 0 aliphatic carbocycles. The Hall–Kier alpha value is -3.59. The lowest BCUT2D eigenvalue weighted by Crippen LogP contribution is -2.28. The molecule has 0 aliphatic heterocycles. The van der Waals surface area contributed by atoms with Gasteiger partial charge in [-0.3, -0.25) is 4.79 Å². The molecule has 1 amide bonds. The fraction of sp³-hybridized carbons (Fsp3) is 0.136. The molecule has 0 spiro atoms. The second-order valence-electron chi connectivity index (χ2n) is 6.55. The number of carbonyl (C=O) groups excluding carboxylic acids is 2. The number of pyridine rings is 1. The van der Waals surface area contributed by atoms with Crippen LogP contribution in [0.3, 0.4) is 0 Å². The normalized spacial score (nSPS) is 11.0. The number of rotatable bonds is 7. The molecular formula is C22H17ClF3N3O3. The molecule has 1 aromatic heterocycles. The molecule has 0 radical (unpaired) electrons. The number of benzene rings is 2. The second-order valence-corrected chi connectivity index (χ2v) is 6.95. The molecule has 6 nitrogen and oxygen atoms in total. The van der Waals surface area contributed by atoms with Crippen LogP contribution in [0.25, 0.3) is 0 Å². The summed E-state index contributed by atoms with van der Waals surface area (Å²) in [5.74, 6) is -1.41. The molecule has 0 bridgehead atoms. The highest BCUT2D eigenvalue weighted by molar-refractivity contribution is 6.31. The van der Waals surface area contributed by atoms with Gasteiger partial charge in [0.15, 0.2) is 6.61 Å². The van der Waals surface area contributed by atoms with Gasteiger partial charge >= 0.3 is 12.1 Å². The molecule has 0 aliphatic rings. The number of esters is 1. The highest BCUT2D eigenvalue weighted by atomic mass is 35.5. The van der Waals surface area contributed by atoms with E-state index in [0.29, 0.717) is 10.6 Å². The van der Waals surface area contributed by atoms with Gasteiger partial charge in [-0.25, -0.2) is 9.78 Å². The van der Waals surface area contributed by atoms with Gasteiger partial charge in [0.1, 0.15) is 11.4 Å². The Morgan fingerprint density at radius 3 is 2.56 bits per heavy atom. The molecule has 2 aromatic carbocycles. The molecule has 0 saturated carbocycles. The van der Waals surface area contributed by atoms with E-state index in [-0.39, 0.29) is 23.6 Å². The van der Waals surface area contributed by atoms with E-state index in [2.05, 4.69) is 15.6 Å². The zero-order valence-corrected chi connectivity index (χ0v) is 17.2. The summed E-state index contributed by atoms with van der Waals surface area (Å²) >= 11 is 6.02. The maximum Gasteiger partial charge on any atom is 0.416 e. The van der Waals surface area contributed by atoms with Gasteiger partial charge in [-0.05, 0) is 42.0 Å². The fourth-order valence-corrected chi connectivity index (χ4v) is 2.88. The Labute approximate surface area is 186 Å². The average Bonchev–Trinajstić information content (AvgIpc) is 2.77. The minimum absolute atomic E-state index is 0.00620. The number of nitrogens with one attached hydrogen (secondary N) is 2. The van der Waals surface area contributed by atoms with Crippen molar-refractivity contribution in [2.75, 3.05) is 11.9 Å². The van der Waals surface area contributed by atoms with Crippen LogP contribution in [0.5, 0.6) is 0 Å². The van der Waals surface area contributed by atoms with Crippen LogP contribution in [0.4, 0.5) is 24.7 Å². The van der Waals surface area contributed by atoms with Crippen LogP contribution in [0.2, 0.25) is 5.02 Å². The number of aromatic nitrogens is 1. The molecule has 3 rings (SSSR count). The van der Waals surface area contributed by atoms with Crippen molar-refractivity contribution in [2.24, 2.45) is 0 Å². The minimum Gasteiger partial charge on any atom is -0.452 e. The summed E-state index contributed by atoms with van der Waals surface area (Å²) in [6.45, 7) is -0.396. The molecule has 3 aromatic rings. The number of amides is 1. The highest BCUT2D eigenvalue weighted by Crippen LogP contribution is 2.31. The van der Waals surface area contributed by atoms with E-state index >= 15 is 0 Å². The largest absolute Gasteiger partial charge is 0.452 e. The Kier molecular flexibility index (Phi) is 7.32. The van der Waals surface area contributed by atoms with Gasteiger partial charge in [-0.2, -0.15) is 13.2 Å². The molecule has 0 unspecified atom stereocenters. The standard InChI is InChI=1S/C22H17ClF3N3O3/c23-18-9-2-1-5-14(18)12-28-19(30)13-32-21(31)17-8-4-10-27-20(17)29-16-7-3-6-15(11-16)22(24,25)26/h1-11H,12-13H2,(H,27,29)(H,28,30). The Balaban J connectivity index is 1.62. The molecule has 0 saturated heterocycles. The predicted molar refractivity (Wildman–Crippen MR) is 113 cm³/mol. The third-order valence-corrected chi connectivity index (χ3v) is 4.62. The topological polar surface area (TPSA) is 80.3 Å². The van der Waals surface area contributed by atoms with E-state index in [9.17, 15) is 22.8 Å². The lowest BCUT2D eigenvalue weighted by atomic mass is 10.2. The lowest BCUT2D eigenvalue weighted by Gasteiger charge is -2.13. The number of hydrogen-bond donors (Lipinski definition) is 2. The first-order chi connectivity index (χ1) is 15.2. The first-order valence-electron chi connectivity index (χ1n) is 9.30. The lowest BCUT2D eigenvalue weighted by molar-refractivity contribution is -0.137. The summed E-state index contributed by atoms with van der Waals surface area (Å²) in [5, 5.41) is 5.75. The molecule has 2 N–H and O–H groups in total. The quantitative estimate of drug-likeness (QED) is 0.483. The van der Waals surface area contributed by atoms with Crippen molar-refractivity contribution in [1.29, 1.82) is 0 Å². The van der Waals surface area contributed by atoms with E-state index in [1.807, 2.05) is 0 Å². The van der Waals surface area contributed by atoms with Crippen LogP contribution >= 0.6 is 11.6 Å². The van der Waals surface area contributed by atoms with E-state index in [1.54, 1.807) is 24.3 Å². The maximum absolute atomic E-state index is 12.9. The van der Waals surface area contributed by atoms with Crippen LogP contribution in [0.1, 0.15) is 21.5 Å². The van der Waals surface area contributed by atoms with Gasteiger partial charge in [0.25, 0.3) is 5.91 Å². The number of alkyl halides is 3. The number of hydrogen-bond acceptors (Lipinski definition) is 5. The van der Waals surface area contributed by atoms with E-state index in [4.69, 9.17) is 16.3 Å². The van der Waals surface area contributed by atoms with Gasteiger partial charge < -0.3 is 15.4 Å². The second kappa shape index (κ2) is 10.1. The van der Waals surface area contributed by atoms with Crippen LogP contribution in [-0.2, 0) is 22.3 Å². The van der Waals surface area contributed by atoms with Crippen LogP contribution < -0.4 is 10.6 Å². The molecule has 1 heterocycles. The van der Waals surface area contributed by atoms with E-state index < -0.39 is 30.2 Å². The van der Waals surface area contributed by atoms with E-state index in [1.165, 1.54) is 30.5 Å². The molecule has 0 atom stereocenters. The van der Waals surface area contributed by atoms with E-state index in [0.717, 1.165) is 12.1 Å². The highest BCUT2D eigenvalue weighted by Gasteiger charge is 2.30. The summed E-state index contributed by atoms with van der Waals surface area (Å²) in [5.41, 5.74) is -0.0969. The molecule has 10 heteroatoms. The summed E-state index contributed by atoms with van der Waals surface area (Å²) in [6.07, 6.45) is -3.15. The summed E-state index contributed by atoms with van der Waals surface area (Å²) in [4.78, 5) is 28.4. The van der Waals surface area contributed by atoms with Gasteiger partial charge in [0.05, 0.1) is 5.56 Å². The first kappa shape index (κ1) is 23.1. The number of carbonyl (C=O) groups is 2. The zero-order valence-electron chi connectivity index (χ0n) is 16.4. The monoisotopic (exact) mass is 463 g/mol. The number of halogens is 4. The summed E-state index contributed by atoms with van der Waals surface area (Å²) in [7, 11) is 0. The molecule has 0 fully saturated rings. The van der Waals surface area contributed by atoms with Crippen LogP contribution in [0, 0.1) is 0 Å². The van der Waals surface area contributed by atoms with Crippen molar-refractivity contribution in [3.05, 3.63) is 88.6 Å². The third-order valence-electron chi connectivity index (χ3n) is 4.25. The number of nitrogens with zero attached hydrogens (tertiary/aromatic N) is 1. The third kappa shape index (κ3) is 6.21. The first-order valence-corrected chi connectivity index (χ1v) is 9.68. The predicted octanol–water partition coefficient (Wildman–Crippen LogP) is 4.97. The Morgan fingerprint density at radius 1 is 1.03 bits per heavy atom. The van der Waals surface area contributed by atoms with Gasteiger partial charge in [0, 0.05) is 23.5 Å². The zero-order chi connectivity index (χ0) is 23.1. The number of ether oxygens (including phenoxy) is 1. The van der Waals surface area contributed by atoms with Gasteiger partial charge in [-0.15, -0.1) is 0 Å². The summed E-state index contributed by atoms with van der Waals surface area (Å²) < 4.78 is 43.8. The molecular weight excluding hydrogens is 447 g/mol. The maximum atomic E-state index is 12.9. The SMILES string of the molecule is O=C(COC(=O)c1cccnc1Nc1cccc(C(F)(F)F)c1)NCc1ccccc1Cl. The van der Waals surface area contributed by atoms with Crippen molar-refractivity contribution in [3.63, 3.8) is 0 Å².